The van der Waals surface area contributed by atoms with Crippen molar-refractivity contribution < 1.29 is 29.4 Å². The quantitative estimate of drug-likeness (QED) is 0.262. The molecule has 0 heterocycles. The molecule has 0 aromatic heterocycles. The third kappa shape index (κ3) is 228. The van der Waals surface area contributed by atoms with Crippen molar-refractivity contribution in [2.75, 3.05) is 0 Å². The standard InChI is InChI=1S/2H2O3P.Pb/c2*1-4(2)3;/h2*1-2H;/q2*-1;+2. The summed E-state index contributed by atoms with van der Waals surface area (Å²) in [6, 6.07) is 0. The van der Waals surface area contributed by atoms with Crippen molar-refractivity contribution in [3.8, 4) is 0 Å². The fourth-order valence-corrected chi connectivity index (χ4v) is 0. The van der Waals surface area contributed by atoms with Crippen molar-refractivity contribution in [2.24, 2.45) is 0 Å². The Hall–Kier alpha value is 1.54. The molecule has 0 saturated heterocycles. The molecular formula is H4O6P2Pb. The van der Waals surface area contributed by atoms with Crippen LogP contribution in [-0.4, -0.2) is 46.9 Å². The molecule has 0 fully saturated rings. The molecule has 54 valence electrons. The van der Waals surface area contributed by atoms with Gasteiger partial charge >= 0.3 is 27.3 Å². The molecule has 0 rings (SSSR count). The van der Waals surface area contributed by atoms with Gasteiger partial charge in [0, 0.05) is 0 Å². The second-order valence-corrected chi connectivity index (χ2v) is 1.52. The molecule has 0 spiro atoms. The van der Waals surface area contributed by atoms with E-state index >= 15 is 0 Å². The van der Waals surface area contributed by atoms with Gasteiger partial charge in [0.2, 0.25) is 0 Å². The summed E-state index contributed by atoms with van der Waals surface area (Å²) >= 11 is 0. The van der Waals surface area contributed by atoms with E-state index in [1.807, 2.05) is 0 Å². The molecule has 0 saturated carbocycles. The average molecular weight is 369 g/mol. The molecular weight excluding hydrogens is 365 g/mol. The largest absolute Gasteiger partial charge is 2.00 e. The maximum absolute atomic E-state index is 8.70. The van der Waals surface area contributed by atoms with Gasteiger partial charge < -0.3 is 29.4 Å². The van der Waals surface area contributed by atoms with Crippen molar-refractivity contribution in [3.05, 3.63) is 0 Å². The van der Waals surface area contributed by atoms with Crippen molar-refractivity contribution in [1.82, 2.24) is 0 Å². The summed E-state index contributed by atoms with van der Waals surface area (Å²) in [6.07, 6.45) is 0. The number of rotatable bonds is 0. The molecule has 9 heavy (non-hydrogen) atoms. The average Bonchev–Trinajstić information content (AvgIpc) is 1.25. The molecule has 0 aliphatic carbocycles. The van der Waals surface area contributed by atoms with Gasteiger partial charge in [0.15, 0.2) is 0 Å². The van der Waals surface area contributed by atoms with Gasteiger partial charge in [-0.25, -0.2) is 0 Å². The molecule has 0 aliphatic heterocycles. The van der Waals surface area contributed by atoms with Crippen LogP contribution >= 0.6 is 17.2 Å². The maximum atomic E-state index is 8.70. The zero-order valence-electron chi connectivity index (χ0n) is 4.00. The first kappa shape index (κ1) is 16.9. The van der Waals surface area contributed by atoms with E-state index in [1.54, 1.807) is 0 Å². The summed E-state index contributed by atoms with van der Waals surface area (Å²) in [4.78, 5) is 45.9. The summed E-state index contributed by atoms with van der Waals surface area (Å²) in [5.74, 6) is 0. The van der Waals surface area contributed by atoms with Crippen LogP contribution in [-0.2, 0) is 0 Å². The van der Waals surface area contributed by atoms with Crippen LogP contribution in [0, 0.1) is 0 Å². The van der Waals surface area contributed by atoms with Gasteiger partial charge in [-0.1, -0.05) is 0 Å². The zero-order valence-corrected chi connectivity index (χ0v) is 9.68. The first-order chi connectivity index (χ1) is 3.46. The van der Waals surface area contributed by atoms with Crippen molar-refractivity contribution >= 4 is 44.5 Å². The van der Waals surface area contributed by atoms with E-state index in [1.165, 1.54) is 0 Å². The normalized spacial score (nSPS) is 8.00. The molecule has 2 radical (unpaired) electrons. The Morgan fingerprint density at radius 1 is 0.778 bits per heavy atom. The molecule has 0 atom stereocenters. The molecule has 0 unspecified atom stereocenters. The fraction of sp³-hybridized carbons (Fsp3) is 0. The van der Waals surface area contributed by atoms with E-state index in [2.05, 4.69) is 0 Å². The van der Waals surface area contributed by atoms with Crippen LogP contribution in [0.3, 0.4) is 0 Å². The molecule has 9 heteroatoms. The van der Waals surface area contributed by atoms with Crippen molar-refractivity contribution in [2.45, 2.75) is 0 Å². The predicted octanol–water partition coefficient (Wildman–Crippen LogP) is -3.26. The molecule has 0 aromatic carbocycles. The van der Waals surface area contributed by atoms with Gasteiger partial charge in [0.25, 0.3) is 0 Å². The van der Waals surface area contributed by atoms with E-state index in [-0.39, 0.29) is 27.3 Å². The van der Waals surface area contributed by atoms with Crippen LogP contribution in [0.5, 0.6) is 0 Å². The minimum absolute atomic E-state index is 0. The molecule has 0 aliphatic rings. The molecule has 0 bridgehead atoms. The second-order valence-electron chi connectivity index (χ2n) is 0.505. The number of hydrogen-bond acceptors (Lipinski definition) is 6. The van der Waals surface area contributed by atoms with Crippen LogP contribution in [0.1, 0.15) is 0 Å². The smallest absolute Gasteiger partial charge is 0.786 e. The van der Waals surface area contributed by atoms with Crippen LogP contribution in [0.2, 0.25) is 0 Å². The van der Waals surface area contributed by atoms with E-state index in [0.717, 1.165) is 0 Å². The zero-order chi connectivity index (χ0) is 7.15. The Kier molecular flexibility index (Phi) is 22.9. The molecule has 6 nitrogen and oxygen atoms in total. The summed E-state index contributed by atoms with van der Waals surface area (Å²) in [6.45, 7) is 0. The van der Waals surface area contributed by atoms with Gasteiger partial charge in [-0.15, -0.1) is 0 Å². The first-order valence-corrected chi connectivity index (χ1v) is 3.50. The van der Waals surface area contributed by atoms with Gasteiger partial charge in [0.1, 0.15) is 0 Å². The van der Waals surface area contributed by atoms with Crippen molar-refractivity contribution in [3.63, 3.8) is 0 Å². The molecule has 4 N–H and O–H groups in total. The third-order valence-electron chi connectivity index (χ3n) is 0. The van der Waals surface area contributed by atoms with Gasteiger partial charge in [0.05, 0.1) is 17.2 Å². The third-order valence-corrected chi connectivity index (χ3v) is 0. The van der Waals surface area contributed by atoms with Crippen molar-refractivity contribution in [1.29, 1.82) is 0 Å². The molecule has 0 amide bonds. The monoisotopic (exact) mass is 370 g/mol. The van der Waals surface area contributed by atoms with Crippen LogP contribution in [0.25, 0.3) is 0 Å². The summed E-state index contributed by atoms with van der Waals surface area (Å²) in [5.41, 5.74) is 0. The topological polar surface area (TPSA) is 127 Å². The van der Waals surface area contributed by atoms with E-state index in [9.17, 15) is 0 Å². The summed E-state index contributed by atoms with van der Waals surface area (Å²) in [7, 11) is -5.74. The van der Waals surface area contributed by atoms with Crippen LogP contribution in [0.15, 0.2) is 0 Å². The second kappa shape index (κ2) is 12.2. The minimum Gasteiger partial charge on any atom is -0.786 e. The minimum atomic E-state index is -2.87. The Labute approximate surface area is 73.9 Å². The van der Waals surface area contributed by atoms with Gasteiger partial charge in [-0.2, -0.15) is 0 Å². The predicted molar refractivity (Wildman–Crippen MR) is 28.5 cm³/mol. The van der Waals surface area contributed by atoms with Gasteiger partial charge in [-0.3, -0.25) is 0 Å². The fourth-order valence-electron chi connectivity index (χ4n) is 0. The van der Waals surface area contributed by atoms with E-state index in [4.69, 9.17) is 29.4 Å². The van der Waals surface area contributed by atoms with Crippen LogP contribution < -0.4 is 9.79 Å². The maximum Gasteiger partial charge on any atom is 2.00 e. The Bertz CT molecular complexity index is 26.5. The Morgan fingerprint density at radius 3 is 0.778 bits per heavy atom. The Balaban J connectivity index is -0.0000000720. The van der Waals surface area contributed by atoms with Gasteiger partial charge in [-0.05, 0) is 0 Å². The van der Waals surface area contributed by atoms with E-state index < -0.39 is 17.2 Å². The summed E-state index contributed by atoms with van der Waals surface area (Å²) < 4.78 is 0. The Morgan fingerprint density at radius 2 is 0.778 bits per heavy atom. The summed E-state index contributed by atoms with van der Waals surface area (Å²) in [5, 5.41) is 0. The molecule has 0 aromatic rings. The SMILES string of the molecule is [O-]P(O)O.[O-]P(O)O.[Pb+2]. The number of hydrogen-bond donors (Lipinski definition) is 4. The van der Waals surface area contributed by atoms with Crippen LogP contribution in [0.4, 0.5) is 0 Å². The first-order valence-electron chi connectivity index (χ1n) is 1.17. The van der Waals surface area contributed by atoms with E-state index in [0.29, 0.717) is 0 Å².